The number of ether oxygens (including phenoxy) is 1. The summed E-state index contributed by atoms with van der Waals surface area (Å²) in [7, 11) is 0. The lowest BCUT2D eigenvalue weighted by Gasteiger charge is -2.14. The van der Waals surface area contributed by atoms with E-state index in [1.165, 1.54) is 23.5 Å². The Labute approximate surface area is 201 Å². The SMILES string of the molecule is O=C(NN1C(=O)/C(=C\c2cccc(OCc3c(F)cccc3Cl)c2)SC1=S)c1cccs1. The predicted molar refractivity (Wildman–Crippen MR) is 129 cm³/mol. The molecule has 0 atom stereocenters. The van der Waals surface area contributed by atoms with E-state index in [9.17, 15) is 14.0 Å². The molecule has 10 heteroatoms. The fraction of sp³-hybridized carbons (Fsp3) is 0.0455. The molecule has 1 fully saturated rings. The topological polar surface area (TPSA) is 58.6 Å². The van der Waals surface area contributed by atoms with Crippen LogP contribution in [0.4, 0.5) is 4.39 Å². The number of hydrogen-bond acceptors (Lipinski definition) is 6. The highest BCUT2D eigenvalue weighted by Crippen LogP contribution is 2.32. The minimum atomic E-state index is -0.443. The molecule has 0 aliphatic carbocycles. The van der Waals surface area contributed by atoms with E-state index in [0.717, 1.165) is 16.8 Å². The van der Waals surface area contributed by atoms with Gasteiger partial charge in [-0.05, 0) is 59.6 Å². The smallest absolute Gasteiger partial charge is 0.285 e. The van der Waals surface area contributed by atoms with Crippen molar-refractivity contribution in [3.8, 4) is 5.75 Å². The van der Waals surface area contributed by atoms with E-state index >= 15 is 0 Å². The molecule has 1 saturated heterocycles. The number of nitrogens with zero attached hydrogens (tertiary/aromatic N) is 1. The van der Waals surface area contributed by atoms with Crippen molar-refractivity contribution in [1.29, 1.82) is 0 Å². The second-order valence-electron chi connectivity index (χ2n) is 6.50. The molecular formula is C22H14ClFN2O3S3. The number of nitrogens with one attached hydrogen (secondary N) is 1. The van der Waals surface area contributed by atoms with Gasteiger partial charge in [-0.1, -0.05) is 47.6 Å². The fourth-order valence-corrected chi connectivity index (χ4v) is 4.81. The molecule has 1 aliphatic heterocycles. The van der Waals surface area contributed by atoms with Crippen molar-refractivity contribution in [3.63, 3.8) is 0 Å². The van der Waals surface area contributed by atoms with Crippen LogP contribution in [0.15, 0.2) is 64.9 Å². The van der Waals surface area contributed by atoms with Crippen LogP contribution in [-0.4, -0.2) is 21.1 Å². The minimum absolute atomic E-state index is 0.0359. The number of hydrogen-bond donors (Lipinski definition) is 1. The average molecular weight is 505 g/mol. The third-order valence-electron chi connectivity index (χ3n) is 4.35. The van der Waals surface area contributed by atoms with Gasteiger partial charge in [-0.25, -0.2) is 4.39 Å². The molecule has 2 amide bonds. The third kappa shape index (κ3) is 5.02. The lowest BCUT2D eigenvalue weighted by molar-refractivity contribution is -0.123. The standard InChI is InChI=1S/C22H14ClFN2O3S3/c23-16-6-2-7-17(24)15(16)12-29-14-5-1-4-13(10-14)11-19-21(28)26(22(30)32-19)25-20(27)18-8-3-9-31-18/h1-11H,12H2,(H,25,27)/b19-11+. The van der Waals surface area contributed by atoms with E-state index in [2.05, 4.69) is 5.43 Å². The number of carbonyl (C=O) groups excluding carboxylic acids is 2. The van der Waals surface area contributed by atoms with Crippen LogP contribution >= 0.6 is 46.9 Å². The Morgan fingerprint density at radius 2 is 2.03 bits per heavy atom. The molecule has 32 heavy (non-hydrogen) atoms. The second kappa shape index (κ2) is 9.83. The van der Waals surface area contributed by atoms with Gasteiger partial charge in [-0.15, -0.1) is 11.3 Å². The normalized spacial score (nSPS) is 14.8. The van der Waals surface area contributed by atoms with Crippen LogP contribution in [0.3, 0.4) is 0 Å². The molecule has 4 rings (SSSR count). The number of benzene rings is 2. The zero-order chi connectivity index (χ0) is 22.7. The van der Waals surface area contributed by atoms with Crippen LogP contribution in [0.5, 0.6) is 5.75 Å². The van der Waals surface area contributed by atoms with Crippen LogP contribution in [0.1, 0.15) is 20.8 Å². The van der Waals surface area contributed by atoms with Crippen molar-refractivity contribution in [3.05, 3.63) is 91.7 Å². The molecule has 0 saturated carbocycles. The van der Waals surface area contributed by atoms with Gasteiger partial charge < -0.3 is 4.74 Å². The minimum Gasteiger partial charge on any atom is -0.489 e. The molecule has 1 aliphatic rings. The number of thiophene rings is 1. The molecule has 0 bridgehead atoms. The Morgan fingerprint density at radius 1 is 1.22 bits per heavy atom. The first-order valence-electron chi connectivity index (χ1n) is 9.20. The molecule has 2 aromatic carbocycles. The largest absolute Gasteiger partial charge is 0.489 e. The molecule has 2 heterocycles. The number of thioether (sulfide) groups is 1. The summed E-state index contributed by atoms with van der Waals surface area (Å²) in [5, 5.41) is 3.12. The fourth-order valence-electron chi connectivity index (χ4n) is 2.80. The molecule has 0 spiro atoms. The van der Waals surface area contributed by atoms with E-state index in [1.54, 1.807) is 53.9 Å². The van der Waals surface area contributed by atoms with Gasteiger partial charge in [0.1, 0.15) is 18.2 Å². The molecule has 0 radical (unpaired) electrons. The number of thiocarbonyl (C=S) groups is 1. The van der Waals surface area contributed by atoms with E-state index in [0.29, 0.717) is 21.1 Å². The lowest BCUT2D eigenvalue weighted by atomic mass is 10.2. The summed E-state index contributed by atoms with van der Waals surface area (Å²) in [6.45, 7) is -0.0359. The Bertz CT molecular complexity index is 1210. The summed E-state index contributed by atoms with van der Waals surface area (Å²) in [6, 6.07) is 14.8. The Kier molecular flexibility index (Phi) is 6.90. The van der Waals surface area contributed by atoms with Gasteiger partial charge in [0, 0.05) is 5.56 Å². The Hall–Kier alpha value is -2.72. The van der Waals surface area contributed by atoms with Crippen molar-refractivity contribution < 1.29 is 18.7 Å². The maximum Gasteiger partial charge on any atom is 0.285 e. The zero-order valence-corrected chi connectivity index (χ0v) is 19.4. The van der Waals surface area contributed by atoms with Gasteiger partial charge >= 0.3 is 0 Å². The lowest BCUT2D eigenvalue weighted by Crippen LogP contribution is -2.44. The maximum absolute atomic E-state index is 13.9. The molecule has 1 N–H and O–H groups in total. The van der Waals surface area contributed by atoms with E-state index < -0.39 is 17.6 Å². The Morgan fingerprint density at radius 3 is 2.78 bits per heavy atom. The summed E-state index contributed by atoms with van der Waals surface area (Å²) < 4.78 is 19.9. The molecular weight excluding hydrogens is 491 g/mol. The van der Waals surface area contributed by atoms with Crippen molar-refractivity contribution >= 4 is 69.1 Å². The zero-order valence-electron chi connectivity index (χ0n) is 16.2. The summed E-state index contributed by atoms with van der Waals surface area (Å²) in [6.07, 6.45) is 1.65. The summed E-state index contributed by atoms with van der Waals surface area (Å²) in [4.78, 5) is 25.8. The highest BCUT2D eigenvalue weighted by molar-refractivity contribution is 8.26. The van der Waals surface area contributed by atoms with Crippen molar-refractivity contribution in [2.24, 2.45) is 0 Å². The summed E-state index contributed by atoms with van der Waals surface area (Å²) in [5.41, 5.74) is 3.49. The van der Waals surface area contributed by atoms with E-state index in [4.69, 9.17) is 28.6 Å². The third-order valence-corrected chi connectivity index (χ3v) is 6.88. The molecule has 1 aromatic heterocycles. The number of halogens is 2. The molecule has 3 aromatic rings. The van der Waals surface area contributed by atoms with Gasteiger partial charge in [-0.2, -0.15) is 5.01 Å². The molecule has 0 unspecified atom stereocenters. The van der Waals surface area contributed by atoms with Gasteiger partial charge in [-0.3, -0.25) is 15.0 Å². The predicted octanol–water partition coefficient (Wildman–Crippen LogP) is 5.67. The first-order valence-corrected chi connectivity index (χ1v) is 11.7. The highest BCUT2D eigenvalue weighted by Gasteiger charge is 2.33. The van der Waals surface area contributed by atoms with Crippen LogP contribution in [0, 0.1) is 5.82 Å². The average Bonchev–Trinajstić information content (AvgIpc) is 3.39. The number of rotatable bonds is 6. The van der Waals surface area contributed by atoms with E-state index in [1.807, 2.05) is 0 Å². The molecule has 5 nitrogen and oxygen atoms in total. The van der Waals surface area contributed by atoms with Gasteiger partial charge in [0.2, 0.25) is 0 Å². The highest BCUT2D eigenvalue weighted by atomic mass is 35.5. The van der Waals surface area contributed by atoms with E-state index in [-0.39, 0.29) is 21.5 Å². The van der Waals surface area contributed by atoms with Crippen molar-refractivity contribution in [1.82, 2.24) is 10.4 Å². The van der Waals surface area contributed by atoms with Crippen molar-refractivity contribution in [2.45, 2.75) is 6.61 Å². The summed E-state index contributed by atoms with van der Waals surface area (Å²) >= 11 is 13.6. The quantitative estimate of drug-likeness (QED) is 0.346. The van der Waals surface area contributed by atoms with Crippen LogP contribution in [0.25, 0.3) is 6.08 Å². The maximum atomic E-state index is 13.9. The van der Waals surface area contributed by atoms with Crippen LogP contribution in [0.2, 0.25) is 5.02 Å². The first-order chi connectivity index (χ1) is 15.4. The van der Waals surface area contributed by atoms with Gasteiger partial charge in [0.15, 0.2) is 4.32 Å². The van der Waals surface area contributed by atoms with Crippen LogP contribution in [-0.2, 0) is 11.4 Å². The number of hydrazine groups is 1. The van der Waals surface area contributed by atoms with Gasteiger partial charge in [0.25, 0.3) is 11.8 Å². The van der Waals surface area contributed by atoms with Crippen LogP contribution < -0.4 is 10.2 Å². The van der Waals surface area contributed by atoms with Gasteiger partial charge in [0.05, 0.1) is 14.8 Å². The number of amides is 2. The Balaban J connectivity index is 1.46. The second-order valence-corrected chi connectivity index (χ2v) is 9.53. The monoisotopic (exact) mass is 504 g/mol. The molecule has 162 valence electrons. The summed E-state index contributed by atoms with van der Waals surface area (Å²) in [5.74, 6) is -0.782. The van der Waals surface area contributed by atoms with Crippen molar-refractivity contribution in [2.75, 3.05) is 0 Å². The number of carbonyl (C=O) groups is 2. The first kappa shape index (κ1) is 22.5.